The molecule has 3 aliphatic carbocycles. The number of nitrogens with zero attached hydrogens (tertiary/aromatic N) is 3. The molecule has 7 N–H and O–H groups in total. The molecule has 260 valence electrons. The van der Waals surface area contributed by atoms with Crippen LogP contribution in [-0.2, 0) is 23.7 Å². The van der Waals surface area contributed by atoms with Crippen molar-refractivity contribution in [3.8, 4) is 0 Å². The Morgan fingerprint density at radius 3 is 1.63 bits per heavy atom. The summed E-state index contributed by atoms with van der Waals surface area (Å²) in [5.74, 6) is -1.29. The number of alkyl carbamates (subject to hydrolysis) is 1. The number of hydrogen-bond donors (Lipinski definition) is 5. The topological polar surface area (TPSA) is 181 Å². The second-order valence-electron chi connectivity index (χ2n) is 13.6. The molecule has 46 heavy (non-hydrogen) atoms. The van der Waals surface area contributed by atoms with Crippen LogP contribution in [0, 0.1) is 19.7 Å². The summed E-state index contributed by atoms with van der Waals surface area (Å²) < 4.78 is 28.1. The fourth-order valence-electron chi connectivity index (χ4n) is 5.97. The highest BCUT2D eigenvalue weighted by atomic mass is 35.5. The third-order valence-corrected chi connectivity index (χ3v) is 7.81. The molecule has 0 aromatic heterocycles. The van der Waals surface area contributed by atoms with Gasteiger partial charge in [0.1, 0.15) is 23.9 Å². The van der Waals surface area contributed by atoms with Gasteiger partial charge < -0.3 is 65.2 Å². The van der Waals surface area contributed by atoms with Gasteiger partial charge in [0.2, 0.25) is 0 Å². The third kappa shape index (κ3) is 10.8. The molecule has 5 rings (SSSR count). The van der Waals surface area contributed by atoms with Crippen molar-refractivity contribution in [1.82, 2.24) is 5.32 Å². The molecule has 2 heterocycles. The first kappa shape index (κ1) is 40.2. The number of halogens is 2. The fraction of sp³-hybridized carbons (Fsp3) is 0.867. The Bertz CT molecular complexity index is 1150. The molecule has 12 atom stereocenters. The molecule has 16 heteroatoms. The van der Waals surface area contributed by atoms with Crippen molar-refractivity contribution in [2.75, 3.05) is 5.34 Å². The molecular weight excluding hydrogens is 643 g/mol. The minimum atomic E-state index is -0.951. The highest BCUT2D eigenvalue weighted by Gasteiger charge is 2.58. The van der Waals surface area contributed by atoms with Gasteiger partial charge in [0.05, 0.1) is 11.4 Å². The molecule has 1 amide bonds. The van der Waals surface area contributed by atoms with Crippen LogP contribution < -0.4 is 16.8 Å². The Morgan fingerprint density at radius 1 is 0.804 bits per heavy atom. The number of rotatable bonds is 1. The predicted octanol–water partition coefficient (Wildman–Crippen LogP) is 2.77. The lowest BCUT2D eigenvalue weighted by Gasteiger charge is -2.24. The molecule has 0 unspecified atom stereocenters. The number of carbonyl (C=O) groups excluding carboxylic acids is 1. The highest BCUT2D eigenvalue weighted by molar-refractivity contribution is 6.40. The molecule has 0 radical (unpaired) electrons. The van der Waals surface area contributed by atoms with E-state index >= 15 is 0 Å². The Labute approximate surface area is 281 Å². The van der Waals surface area contributed by atoms with E-state index in [2.05, 4.69) is 19.9 Å². The maximum atomic E-state index is 11.9. The average molecular weight is 692 g/mol. The predicted molar refractivity (Wildman–Crippen MR) is 170 cm³/mol. The van der Waals surface area contributed by atoms with Gasteiger partial charge in [-0.1, -0.05) is 0 Å². The van der Waals surface area contributed by atoms with Crippen molar-refractivity contribution in [2.45, 2.75) is 158 Å². The monoisotopic (exact) mass is 690 g/mol. The summed E-state index contributed by atoms with van der Waals surface area (Å²) in [5.41, 5.74) is 10.7. The van der Waals surface area contributed by atoms with Gasteiger partial charge in [-0.05, 0) is 48.5 Å². The van der Waals surface area contributed by atoms with E-state index < -0.39 is 47.6 Å². The van der Waals surface area contributed by atoms with E-state index in [4.69, 9.17) is 88.3 Å². The molecule has 5 fully saturated rings. The van der Waals surface area contributed by atoms with E-state index in [-0.39, 0.29) is 53.9 Å². The van der Waals surface area contributed by atoms with Gasteiger partial charge in [0.15, 0.2) is 29.9 Å². The number of aliphatic hydroxyl groups is 2. The van der Waals surface area contributed by atoms with Crippen LogP contribution in [-0.4, -0.2) is 112 Å². The normalized spacial score (nSPS) is 39.3. The van der Waals surface area contributed by atoms with Crippen molar-refractivity contribution in [1.29, 1.82) is 0 Å². The number of nitrogens with two attached hydrogens (primary N) is 2. The van der Waals surface area contributed by atoms with Crippen molar-refractivity contribution < 1.29 is 38.7 Å². The van der Waals surface area contributed by atoms with Crippen molar-refractivity contribution in [2.24, 2.45) is 11.5 Å². The van der Waals surface area contributed by atoms with Gasteiger partial charge >= 0.3 is 6.09 Å². The van der Waals surface area contributed by atoms with Crippen LogP contribution in [0.5, 0.6) is 0 Å². The van der Waals surface area contributed by atoms with Crippen molar-refractivity contribution in [3.63, 3.8) is 0 Å². The van der Waals surface area contributed by atoms with Gasteiger partial charge in [-0.15, -0.1) is 23.2 Å². The zero-order valence-corrected chi connectivity index (χ0v) is 28.9. The quantitative estimate of drug-likeness (QED) is 0.203. The fourth-order valence-corrected chi connectivity index (χ4v) is 5.97. The maximum Gasteiger partial charge on any atom is 0.407 e. The highest BCUT2D eigenvalue weighted by Crippen LogP contribution is 2.40. The van der Waals surface area contributed by atoms with Crippen LogP contribution in [0.25, 0.3) is 14.5 Å². The number of aliphatic hydroxyl groups excluding tert-OH is 2. The summed E-state index contributed by atoms with van der Waals surface area (Å²) in [6.07, 6.45) is -1.54. The molecule has 0 aromatic carbocycles. The number of alkyl halides is 2. The molecular formula is C30H48Cl2N6O8. The first-order chi connectivity index (χ1) is 21.2. The maximum absolute atomic E-state index is 11.9. The first-order valence-corrected chi connectivity index (χ1v) is 16.1. The number of hydrogen-bond acceptors (Lipinski definition) is 10. The second-order valence-corrected chi connectivity index (χ2v) is 14.4. The van der Waals surface area contributed by atoms with E-state index in [0.29, 0.717) is 19.3 Å². The zero-order chi connectivity index (χ0) is 35.2. The Hall–Kier alpha value is -2.00. The van der Waals surface area contributed by atoms with Crippen LogP contribution in [0.3, 0.4) is 0 Å². The minimum absolute atomic E-state index is 0.0501. The zero-order valence-electron chi connectivity index (χ0n) is 27.4. The van der Waals surface area contributed by atoms with Gasteiger partial charge in [-0.2, -0.15) is 0 Å². The molecule has 2 saturated heterocycles. The first-order valence-electron chi connectivity index (χ1n) is 15.0. The Kier molecular flexibility index (Phi) is 14.3. The number of ether oxygens (including phenoxy) is 5. The van der Waals surface area contributed by atoms with Gasteiger partial charge in [-0.3, -0.25) is 0 Å². The lowest BCUT2D eigenvalue weighted by Crippen LogP contribution is -2.45. The SMILES string of the molecule is ClCCl.[C-]#[N+][C@H]1C[C@@H](N)[C@@H]2OC(C)(C)O[C@@H]21.[C-]#[N+][C@H]1C[C@@H](N)[C@H](O)[C@@H]1O.[C-]#[N+][C@H]1C[C@@H](NC(=O)OC(C)(C)C)[C@@H]2OC(C)(C)O[C@@H]21. The van der Waals surface area contributed by atoms with E-state index in [9.17, 15) is 4.79 Å². The lowest BCUT2D eigenvalue weighted by molar-refractivity contribution is -0.154. The molecule has 0 aromatic rings. The molecule has 2 aliphatic heterocycles. The van der Waals surface area contributed by atoms with Crippen LogP contribution in [0.4, 0.5) is 4.79 Å². The van der Waals surface area contributed by atoms with E-state index in [0.717, 1.165) is 0 Å². The molecule has 0 bridgehead atoms. The van der Waals surface area contributed by atoms with E-state index in [1.54, 1.807) is 0 Å². The van der Waals surface area contributed by atoms with Gasteiger partial charge in [0, 0.05) is 31.3 Å². The molecule has 14 nitrogen and oxygen atoms in total. The largest absolute Gasteiger partial charge is 0.444 e. The average Bonchev–Trinajstić information content (AvgIpc) is 3.68. The lowest BCUT2D eigenvalue weighted by atomic mass is 10.2. The smallest absolute Gasteiger partial charge is 0.407 e. The van der Waals surface area contributed by atoms with Gasteiger partial charge in [-0.25, -0.2) is 24.5 Å². The molecule has 5 aliphatic rings. The summed E-state index contributed by atoms with van der Waals surface area (Å²) in [6.45, 7) is 33.6. The van der Waals surface area contributed by atoms with Crippen molar-refractivity contribution in [3.05, 3.63) is 34.3 Å². The minimum Gasteiger partial charge on any atom is -0.444 e. The van der Waals surface area contributed by atoms with E-state index in [1.165, 1.54) is 0 Å². The number of nitrogens with one attached hydrogen (secondary N) is 1. The third-order valence-electron chi connectivity index (χ3n) is 7.81. The number of amides is 1. The standard InChI is InChI=1S/C14H22N2O4.C9H14N2O2.C6H10N2O2.CH2Cl2/c1-13(2,3)20-12(17)16-9-7-8(15-6)10-11(9)19-14(4,5)18-10;1-9(2)12-7-5(10)4-6(11-3)8(7)13-9;1-8-4-2-3(7)5(9)6(4)10;2-1-3/h8-11H,7H2,1-5H3,(H,16,17);5-8H,4,10H2,1-2H3;3-6,9-10H,2,7H2;1H2/t8-,9+,10+,11-;5-,6+,7+,8-;3-,4+,5+,6-;/m011./s1. The van der Waals surface area contributed by atoms with Crippen molar-refractivity contribution >= 4 is 29.3 Å². The Morgan fingerprint density at radius 2 is 1.22 bits per heavy atom. The van der Waals surface area contributed by atoms with Crippen LogP contribution in [0.2, 0.25) is 0 Å². The summed E-state index contributed by atoms with van der Waals surface area (Å²) >= 11 is 9.53. The summed E-state index contributed by atoms with van der Waals surface area (Å²) in [7, 11) is 0. The Balaban J connectivity index is 0.000000244. The molecule has 0 spiro atoms. The van der Waals surface area contributed by atoms with Crippen LogP contribution >= 0.6 is 23.2 Å². The summed E-state index contributed by atoms with van der Waals surface area (Å²) in [4.78, 5) is 22.1. The number of fused-ring (bicyclic) bond motifs is 2. The van der Waals surface area contributed by atoms with Crippen LogP contribution in [0.15, 0.2) is 0 Å². The van der Waals surface area contributed by atoms with Gasteiger partial charge in [0.25, 0.3) is 18.1 Å². The summed E-state index contributed by atoms with van der Waals surface area (Å²) in [5, 5.41) is 21.1. The van der Waals surface area contributed by atoms with Crippen LogP contribution in [0.1, 0.15) is 67.7 Å². The second kappa shape index (κ2) is 16.4. The number of carbonyl (C=O) groups is 1. The molecule has 3 saturated carbocycles. The summed E-state index contributed by atoms with van der Waals surface area (Å²) in [6, 6.07) is -1.66. The van der Waals surface area contributed by atoms with E-state index in [1.807, 2.05) is 48.5 Å².